The Morgan fingerprint density at radius 2 is 1.79 bits per heavy atom. The van der Waals surface area contributed by atoms with Crippen LogP contribution >= 0.6 is 0 Å². The lowest BCUT2D eigenvalue weighted by atomic mass is 10.2. The molecule has 1 amide bonds. The fourth-order valence-corrected chi connectivity index (χ4v) is 3.23. The van der Waals surface area contributed by atoms with Gasteiger partial charge in [-0.2, -0.15) is 5.10 Å². The van der Waals surface area contributed by atoms with E-state index in [1.54, 1.807) is 67.8 Å². The molecule has 3 N–H and O–H groups in total. The third kappa shape index (κ3) is 4.82. The molecule has 0 bridgehead atoms. The lowest BCUT2D eigenvalue weighted by Crippen LogP contribution is -2.17. The Balaban J connectivity index is 1.43. The summed E-state index contributed by atoms with van der Waals surface area (Å²) >= 11 is 0. The Kier molecular flexibility index (Phi) is 6.31. The first-order chi connectivity index (χ1) is 16.1. The van der Waals surface area contributed by atoms with Crippen molar-refractivity contribution in [3.05, 3.63) is 88.2 Å². The lowest BCUT2D eigenvalue weighted by Gasteiger charge is -2.09. The summed E-state index contributed by atoms with van der Waals surface area (Å²) in [5, 5.41) is 7.56. The number of aromatic nitrogens is 2. The topological polar surface area (TPSA) is 118 Å². The van der Waals surface area contributed by atoms with Gasteiger partial charge in [-0.15, -0.1) is 0 Å². The van der Waals surface area contributed by atoms with Crippen LogP contribution in [0.25, 0.3) is 10.9 Å². The number of carbonyl (C=O) groups is 1. The van der Waals surface area contributed by atoms with Gasteiger partial charge >= 0.3 is 0 Å². The van der Waals surface area contributed by atoms with Crippen LogP contribution in [0.2, 0.25) is 0 Å². The highest BCUT2D eigenvalue weighted by Crippen LogP contribution is 2.29. The van der Waals surface area contributed by atoms with E-state index in [0.717, 1.165) is 0 Å². The first-order valence-electron chi connectivity index (χ1n) is 9.99. The van der Waals surface area contributed by atoms with Gasteiger partial charge in [0.05, 0.1) is 31.3 Å². The standard InChI is InChI=1S/C24H21N5O4/c1-32-20-9-5-6-16(21(20)33-2)14-25-29-22(30)15-10-12-17(13-11-15)26-24-27-19-8-4-3-7-18(19)23(31)28-24/h3-14H,1-2H3,(H,29,30)(H2,26,27,28,31)/b25-14-. The number of nitrogens with zero attached hydrogens (tertiary/aromatic N) is 2. The van der Waals surface area contributed by atoms with Crippen molar-refractivity contribution in [1.29, 1.82) is 0 Å². The Labute approximate surface area is 189 Å². The Bertz CT molecular complexity index is 1380. The van der Waals surface area contributed by atoms with Crippen molar-refractivity contribution < 1.29 is 14.3 Å². The van der Waals surface area contributed by atoms with Crippen LogP contribution < -0.4 is 25.8 Å². The molecule has 0 aliphatic rings. The van der Waals surface area contributed by atoms with Crippen LogP contribution in [0, 0.1) is 0 Å². The monoisotopic (exact) mass is 443 g/mol. The molecule has 9 heteroatoms. The van der Waals surface area contributed by atoms with Crippen LogP contribution in [-0.4, -0.2) is 36.3 Å². The highest BCUT2D eigenvalue weighted by atomic mass is 16.5. The maximum Gasteiger partial charge on any atom is 0.271 e. The van der Waals surface area contributed by atoms with Crippen molar-refractivity contribution in [2.75, 3.05) is 19.5 Å². The average Bonchev–Trinajstić information content (AvgIpc) is 2.84. The van der Waals surface area contributed by atoms with E-state index in [9.17, 15) is 9.59 Å². The third-order valence-corrected chi connectivity index (χ3v) is 4.83. The highest BCUT2D eigenvalue weighted by molar-refractivity contribution is 5.95. The molecule has 0 radical (unpaired) electrons. The van der Waals surface area contributed by atoms with Crippen molar-refractivity contribution in [2.24, 2.45) is 5.10 Å². The van der Waals surface area contributed by atoms with Crippen LogP contribution in [0.5, 0.6) is 11.5 Å². The zero-order chi connectivity index (χ0) is 23.2. The maximum absolute atomic E-state index is 12.4. The van der Waals surface area contributed by atoms with Crippen molar-refractivity contribution in [3.63, 3.8) is 0 Å². The number of rotatable bonds is 7. The number of H-pyrrole nitrogens is 1. The molecule has 0 saturated heterocycles. The molecular weight excluding hydrogens is 422 g/mol. The number of aromatic amines is 1. The zero-order valence-corrected chi connectivity index (χ0v) is 18.0. The quantitative estimate of drug-likeness (QED) is 0.297. The zero-order valence-electron chi connectivity index (χ0n) is 18.0. The second kappa shape index (κ2) is 9.65. The van der Waals surface area contributed by atoms with Gasteiger partial charge in [0.15, 0.2) is 11.5 Å². The summed E-state index contributed by atoms with van der Waals surface area (Å²) in [6, 6.07) is 19.1. The molecule has 0 aliphatic carbocycles. The Morgan fingerprint density at radius 3 is 2.55 bits per heavy atom. The number of hydrogen-bond donors (Lipinski definition) is 3. The number of benzene rings is 3. The predicted octanol–water partition coefficient (Wildman–Crippen LogP) is 3.45. The van der Waals surface area contributed by atoms with E-state index >= 15 is 0 Å². The van der Waals surface area contributed by atoms with Crippen LogP contribution in [0.3, 0.4) is 0 Å². The lowest BCUT2D eigenvalue weighted by molar-refractivity contribution is 0.0955. The van der Waals surface area contributed by atoms with Crippen LogP contribution in [0.4, 0.5) is 11.6 Å². The van der Waals surface area contributed by atoms with Crippen molar-refractivity contribution in [3.8, 4) is 11.5 Å². The third-order valence-electron chi connectivity index (χ3n) is 4.83. The van der Waals surface area contributed by atoms with E-state index in [1.165, 1.54) is 13.3 Å². The number of fused-ring (bicyclic) bond motifs is 1. The Morgan fingerprint density at radius 1 is 1.00 bits per heavy atom. The van der Waals surface area contributed by atoms with Crippen LogP contribution in [-0.2, 0) is 0 Å². The number of amides is 1. The summed E-state index contributed by atoms with van der Waals surface area (Å²) in [7, 11) is 3.08. The van der Waals surface area contributed by atoms with Gasteiger partial charge in [0.2, 0.25) is 5.95 Å². The van der Waals surface area contributed by atoms with E-state index in [4.69, 9.17) is 9.47 Å². The van der Waals surface area contributed by atoms with Crippen LogP contribution in [0.15, 0.2) is 76.6 Å². The van der Waals surface area contributed by atoms with E-state index in [2.05, 4.69) is 25.8 Å². The maximum atomic E-state index is 12.4. The normalized spacial score (nSPS) is 10.8. The van der Waals surface area contributed by atoms with Crippen LogP contribution in [0.1, 0.15) is 15.9 Å². The summed E-state index contributed by atoms with van der Waals surface area (Å²) in [5.41, 5.74) is 4.58. The van der Waals surface area contributed by atoms with Gasteiger partial charge < -0.3 is 14.8 Å². The van der Waals surface area contributed by atoms with Gasteiger partial charge in [-0.25, -0.2) is 10.4 Å². The first kappa shape index (κ1) is 21.6. The minimum atomic E-state index is -0.378. The number of hydrogen-bond acceptors (Lipinski definition) is 7. The number of para-hydroxylation sites is 2. The molecule has 0 spiro atoms. The van der Waals surface area contributed by atoms with Gasteiger partial charge in [-0.1, -0.05) is 18.2 Å². The summed E-state index contributed by atoms with van der Waals surface area (Å²) in [6.07, 6.45) is 1.48. The molecule has 0 atom stereocenters. The molecule has 33 heavy (non-hydrogen) atoms. The number of methoxy groups -OCH3 is 2. The van der Waals surface area contributed by atoms with Gasteiger partial charge in [0, 0.05) is 16.8 Å². The second-order valence-electron chi connectivity index (χ2n) is 6.92. The van der Waals surface area contributed by atoms with Gasteiger partial charge in [0.1, 0.15) is 0 Å². The molecule has 0 fully saturated rings. The molecular formula is C24H21N5O4. The van der Waals surface area contributed by atoms with Crippen molar-refractivity contribution in [1.82, 2.24) is 15.4 Å². The highest BCUT2D eigenvalue weighted by Gasteiger charge is 2.09. The SMILES string of the molecule is COc1cccc(/C=N\NC(=O)c2ccc(Nc3nc4ccccc4c(=O)[nH]3)cc2)c1OC. The minimum Gasteiger partial charge on any atom is -0.493 e. The molecule has 4 rings (SSSR count). The van der Waals surface area contributed by atoms with Gasteiger partial charge in [-0.05, 0) is 48.5 Å². The molecule has 166 valence electrons. The molecule has 9 nitrogen and oxygen atoms in total. The fourth-order valence-electron chi connectivity index (χ4n) is 3.23. The summed E-state index contributed by atoms with van der Waals surface area (Å²) < 4.78 is 10.6. The van der Waals surface area contributed by atoms with Gasteiger partial charge in [0.25, 0.3) is 11.5 Å². The average molecular weight is 443 g/mol. The smallest absolute Gasteiger partial charge is 0.271 e. The second-order valence-corrected chi connectivity index (χ2v) is 6.92. The van der Waals surface area contributed by atoms with E-state index < -0.39 is 0 Å². The van der Waals surface area contributed by atoms with Crippen molar-refractivity contribution >= 4 is 34.7 Å². The summed E-state index contributed by atoms with van der Waals surface area (Å²) in [4.78, 5) is 31.7. The number of carbonyl (C=O) groups excluding carboxylic acids is 1. The Hall–Kier alpha value is -4.66. The predicted molar refractivity (Wildman–Crippen MR) is 127 cm³/mol. The summed E-state index contributed by atoms with van der Waals surface area (Å²) in [6.45, 7) is 0. The molecule has 1 aromatic heterocycles. The van der Waals surface area contributed by atoms with Gasteiger partial charge in [-0.3, -0.25) is 14.6 Å². The van der Waals surface area contributed by atoms with E-state index in [1.807, 2.05) is 6.07 Å². The number of ether oxygens (including phenoxy) is 2. The molecule has 1 heterocycles. The van der Waals surface area contributed by atoms with E-state index in [0.29, 0.717) is 45.2 Å². The molecule has 4 aromatic rings. The summed E-state index contributed by atoms with van der Waals surface area (Å²) in [5.74, 6) is 1.02. The molecule has 3 aromatic carbocycles. The largest absolute Gasteiger partial charge is 0.493 e. The molecule has 0 saturated carbocycles. The van der Waals surface area contributed by atoms with E-state index in [-0.39, 0.29) is 11.5 Å². The van der Waals surface area contributed by atoms with Crippen molar-refractivity contribution in [2.45, 2.75) is 0 Å². The number of hydrazone groups is 1. The number of anilines is 2. The molecule has 0 aliphatic heterocycles. The molecule has 0 unspecified atom stereocenters. The fraction of sp³-hybridized carbons (Fsp3) is 0.0833. The minimum absolute atomic E-state index is 0.232. The first-order valence-corrected chi connectivity index (χ1v) is 9.99. The number of nitrogens with one attached hydrogen (secondary N) is 3.